The highest BCUT2D eigenvalue weighted by Crippen LogP contribution is 2.38. The zero-order valence-corrected chi connectivity index (χ0v) is 20.3. The van der Waals surface area contributed by atoms with Crippen molar-refractivity contribution in [1.29, 1.82) is 5.26 Å². The van der Waals surface area contributed by atoms with E-state index in [2.05, 4.69) is 21.6 Å². The van der Waals surface area contributed by atoms with Crippen LogP contribution in [0, 0.1) is 18.3 Å². The van der Waals surface area contributed by atoms with Crippen molar-refractivity contribution in [2.45, 2.75) is 44.2 Å². The molecule has 4 aromatic rings. The first-order valence-electron chi connectivity index (χ1n) is 11.2. The Morgan fingerprint density at radius 3 is 2.82 bits per heavy atom. The summed E-state index contributed by atoms with van der Waals surface area (Å²) in [6, 6.07) is 14.1. The SMILES string of the molecule is Cc1occc1-c1nnc(SCCC(=O)Nc2sc3c(c2C#N)CCCC3)n1-c1ccccc1. The highest BCUT2D eigenvalue weighted by molar-refractivity contribution is 7.99. The maximum Gasteiger partial charge on any atom is 0.225 e. The highest BCUT2D eigenvalue weighted by Gasteiger charge is 2.22. The van der Waals surface area contributed by atoms with Crippen LogP contribution in [0.1, 0.15) is 41.0 Å². The lowest BCUT2D eigenvalue weighted by Gasteiger charge is -2.10. The molecule has 3 aromatic heterocycles. The third-order valence-corrected chi connectivity index (χ3v) is 7.98. The monoisotopic (exact) mass is 489 g/mol. The summed E-state index contributed by atoms with van der Waals surface area (Å²) < 4.78 is 7.46. The predicted molar refractivity (Wildman–Crippen MR) is 133 cm³/mol. The molecule has 0 atom stereocenters. The number of aryl methyl sites for hydroxylation is 2. The summed E-state index contributed by atoms with van der Waals surface area (Å²) in [6.07, 6.45) is 6.11. The number of thiophene rings is 1. The van der Waals surface area contributed by atoms with E-state index in [1.807, 2.05) is 47.9 Å². The van der Waals surface area contributed by atoms with Gasteiger partial charge < -0.3 is 9.73 Å². The van der Waals surface area contributed by atoms with Crippen molar-refractivity contribution in [3.05, 3.63) is 64.4 Å². The molecule has 1 aliphatic carbocycles. The topological polar surface area (TPSA) is 96.7 Å². The van der Waals surface area contributed by atoms with Crippen LogP contribution in [0.25, 0.3) is 17.1 Å². The molecule has 0 radical (unpaired) electrons. The predicted octanol–water partition coefficient (Wildman–Crippen LogP) is 5.77. The van der Waals surface area contributed by atoms with Crippen LogP contribution >= 0.6 is 23.1 Å². The third-order valence-electron chi connectivity index (χ3n) is 5.84. The van der Waals surface area contributed by atoms with Gasteiger partial charge in [0.1, 0.15) is 16.8 Å². The standard InChI is InChI=1S/C25H23N5O2S2/c1-16-18(11-13-32-16)23-28-29-25(30(23)17-7-3-2-4-8-17)33-14-12-22(31)27-24-20(15-26)19-9-5-6-10-21(19)34-24/h2-4,7-8,11,13H,5-6,9-10,12,14H2,1H3,(H,27,31). The van der Waals surface area contributed by atoms with E-state index in [4.69, 9.17) is 4.42 Å². The molecular formula is C25H23N5O2S2. The molecule has 172 valence electrons. The van der Waals surface area contributed by atoms with Gasteiger partial charge in [-0.15, -0.1) is 21.5 Å². The lowest BCUT2D eigenvalue weighted by molar-refractivity contribution is -0.115. The minimum absolute atomic E-state index is 0.0979. The first-order chi connectivity index (χ1) is 16.7. The average Bonchev–Trinajstić information content (AvgIpc) is 3.55. The van der Waals surface area contributed by atoms with Gasteiger partial charge in [-0.2, -0.15) is 5.26 Å². The minimum Gasteiger partial charge on any atom is -0.469 e. The van der Waals surface area contributed by atoms with Gasteiger partial charge in [0.2, 0.25) is 5.91 Å². The van der Waals surface area contributed by atoms with Gasteiger partial charge in [-0.25, -0.2) is 0 Å². The Labute approximate surface area is 205 Å². The zero-order chi connectivity index (χ0) is 23.5. The molecule has 0 saturated carbocycles. The fourth-order valence-electron chi connectivity index (χ4n) is 4.16. The molecule has 0 fully saturated rings. The maximum atomic E-state index is 12.7. The van der Waals surface area contributed by atoms with Crippen LogP contribution in [0.15, 0.2) is 52.2 Å². The molecule has 0 saturated heterocycles. The van der Waals surface area contributed by atoms with Gasteiger partial charge in [-0.1, -0.05) is 30.0 Å². The van der Waals surface area contributed by atoms with Crippen molar-refractivity contribution in [3.8, 4) is 23.1 Å². The minimum atomic E-state index is -0.0979. The number of thioether (sulfide) groups is 1. The molecule has 7 nitrogen and oxygen atoms in total. The molecule has 1 aromatic carbocycles. The van der Waals surface area contributed by atoms with Gasteiger partial charge in [0, 0.05) is 22.7 Å². The second-order valence-electron chi connectivity index (χ2n) is 8.04. The molecular weight excluding hydrogens is 466 g/mol. The van der Waals surface area contributed by atoms with E-state index < -0.39 is 0 Å². The van der Waals surface area contributed by atoms with Crippen LogP contribution in [0.4, 0.5) is 5.00 Å². The van der Waals surface area contributed by atoms with E-state index >= 15 is 0 Å². The van der Waals surface area contributed by atoms with E-state index in [1.54, 1.807) is 17.6 Å². The van der Waals surface area contributed by atoms with Crippen molar-refractivity contribution >= 4 is 34.0 Å². The molecule has 0 bridgehead atoms. The number of benzene rings is 1. The number of nitrogens with one attached hydrogen (secondary N) is 1. The number of carbonyl (C=O) groups is 1. The number of aromatic nitrogens is 3. The van der Waals surface area contributed by atoms with E-state index in [9.17, 15) is 10.1 Å². The van der Waals surface area contributed by atoms with Crippen molar-refractivity contribution in [2.24, 2.45) is 0 Å². The van der Waals surface area contributed by atoms with Crippen LogP contribution in [-0.2, 0) is 17.6 Å². The molecule has 1 amide bonds. The van der Waals surface area contributed by atoms with Crippen LogP contribution in [-0.4, -0.2) is 26.4 Å². The number of nitrogens with zero attached hydrogens (tertiary/aromatic N) is 4. The first-order valence-corrected chi connectivity index (χ1v) is 13.0. The number of para-hydroxylation sites is 1. The van der Waals surface area contributed by atoms with E-state index in [-0.39, 0.29) is 5.91 Å². The fourth-order valence-corrected chi connectivity index (χ4v) is 6.31. The lowest BCUT2D eigenvalue weighted by atomic mass is 9.96. The number of carbonyl (C=O) groups excluding carboxylic acids is 1. The number of amides is 1. The van der Waals surface area contributed by atoms with Crippen molar-refractivity contribution in [1.82, 2.24) is 14.8 Å². The number of rotatable bonds is 7. The van der Waals surface area contributed by atoms with Crippen LogP contribution in [0.3, 0.4) is 0 Å². The molecule has 0 aliphatic heterocycles. The summed E-state index contributed by atoms with van der Waals surface area (Å²) in [4.78, 5) is 13.9. The van der Waals surface area contributed by atoms with Gasteiger partial charge in [-0.05, 0) is 56.4 Å². The smallest absolute Gasteiger partial charge is 0.225 e. The molecule has 0 unspecified atom stereocenters. The summed E-state index contributed by atoms with van der Waals surface area (Å²) in [5.41, 5.74) is 3.59. The van der Waals surface area contributed by atoms with E-state index in [1.165, 1.54) is 16.6 Å². The average molecular weight is 490 g/mol. The first kappa shape index (κ1) is 22.4. The van der Waals surface area contributed by atoms with Gasteiger partial charge in [0.05, 0.1) is 17.4 Å². The van der Waals surface area contributed by atoms with Gasteiger partial charge >= 0.3 is 0 Å². The summed E-state index contributed by atoms with van der Waals surface area (Å²) in [5, 5.41) is 22.8. The number of hydrogen-bond acceptors (Lipinski definition) is 7. The Morgan fingerprint density at radius 2 is 2.06 bits per heavy atom. The summed E-state index contributed by atoms with van der Waals surface area (Å²) in [6.45, 7) is 1.90. The lowest BCUT2D eigenvalue weighted by Crippen LogP contribution is -2.12. The van der Waals surface area contributed by atoms with Crippen molar-refractivity contribution in [2.75, 3.05) is 11.1 Å². The van der Waals surface area contributed by atoms with Gasteiger partial charge in [0.15, 0.2) is 11.0 Å². The highest BCUT2D eigenvalue weighted by atomic mass is 32.2. The molecule has 0 spiro atoms. The summed E-state index contributed by atoms with van der Waals surface area (Å²) >= 11 is 3.03. The molecule has 3 heterocycles. The Morgan fingerprint density at radius 1 is 1.24 bits per heavy atom. The number of fused-ring (bicyclic) bond motifs is 1. The van der Waals surface area contributed by atoms with Gasteiger partial charge in [0.25, 0.3) is 0 Å². The van der Waals surface area contributed by atoms with Crippen LogP contribution in [0.5, 0.6) is 0 Å². The second kappa shape index (κ2) is 9.87. The van der Waals surface area contributed by atoms with Crippen LogP contribution in [0.2, 0.25) is 0 Å². The molecule has 1 aliphatic rings. The Hall–Kier alpha value is -3.35. The van der Waals surface area contributed by atoms with E-state index in [0.717, 1.165) is 48.3 Å². The Kier molecular flexibility index (Phi) is 6.52. The number of nitriles is 1. The maximum absolute atomic E-state index is 12.7. The molecule has 9 heteroatoms. The van der Waals surface area contributed by atoms with Gasteiger partial charge in [-0.3, -0.25) is 9.36 Å². The normalized spacial score (nSPS) is 12.8. The Bertz CT molecular complexity index is 1360. The fraction of sp³-hybridized carbons (Fsp3) is 0.280. The number of anilines is 1. The Balaban J connectivity index is 1.30. The van der Waals surface area contributed by atoms with Crippen molar-refractivity contribution < 1.29 is 9.21 Å². The molecule has 34 heavy (non-hydrogen) atoms. The molecule has 1 N–H and O–H groups in total. The summed E-state index contributed by atoms with van der Waals surface area (Å²) in [5.74, 6) is 1.91. The summed E-state index contributed by atoms with van der Waals surface area (Å²) in [7, 11) is 0. The van der Waals surface area contributed by atoms with Crippen molar-refractivity contribution in [3.63, 3.8) is 0 Å². The quantitative estimate of drug-likeness (QED) is 0.331. The van der Waals surface area contributed by atoms with Crippen LogP contribution < -0.4 is 5.32 Å². The third kappa shape index (κ3) is 4.39. The van der Waals surface area contributed by atoms with E-state index in [0.29, 0.717) is 33.7 Å². The largest absolute Gasteiger partial charge is 0.469 e. The number of furan rings is 1. The molecule has 5 rings (SSSR count). The second-order valence-corrected chi connectivity index (χ2v) is 10.2. The zero-order valence-electron chi connectivity index (χ0n) is 18.7. The number of hydrogen-bond donors (Lipinski definition) is 1.